The van der Waals surface area contributed by atoms with Crippen molar-refractivity contribution in [2.45, 2.75) is 56.6 Å². The highest BCUT2D eigenvalue weighted by atomic mass is 32.2. The first kappa shape index (κ1) is 22.4. The fourth-order valence-corrected chi connectivity index (χ4v) is 3.65. The Kier molecular flexibility index (Phi) is 11.0. The summed E-state index contributed by atoms with van der Waals surface area (Å²) in [5.74, 6) is -0.692. The number of thioether (sulfide) groups is 1. The molecule has 148 valence electrons. The van der Waals surface area contributed by atoms with E-state index in [2.05, 4.69) is 5.32 Å². The van der Waals surface area contributed by atoms with E-state index in [1.165, 1.54) is 16.7 Å². The first-order chi connectivity index (χ1) is 12.5. The van der Waals surface area contributed by atoms with Gasteiger partial charge < -0.3 is 16.8 Å². The van der Waals surface area contributed by atoms with Crippen LogP contribution >= 0.6 is 11.8 Å². The molecule has 1 saturated heterocycles. The van der Waals surface area contributed by atoms with Crippen molar-refractivity contribution in [3.05, 3.63) is 0 Å². The van der Waals surface area contributed by atoms with Crippen molar-refractivity contribution in [2.75, 3.05) is 25.4 Å². The van der Waals surface area contributed by atoms with E-state index in [4.69, 9.17) is 11.5 Å². The summed E-state index contributed by atoms with van der Waals surface area (Å²) < 4.78 is 0. The number of unbranched alkanes of at least 4 members (excludes halogenated alkanes) is 4. The van der Waals surface area contributed by atoms with E-state index in [9.17, 15) is 19.2 Å². The number of amides is 4. The van der Waals surface area contributed by atoms with E-state index in [-0.39, 0.29) is 35.8 Å². The molecule has 9 heteroatoms. The number of carbonyl (C=O) groups excluding carboxylic acids is 4. The van der Waals surface area contributed by atoms with Crippen LogP contribution in [0, 0.1) is 0 Å². The molecule has 1 atom stereocenters. The van der Waals surface area contributed by atoms with E-state index in [1.54, 1.807) is 0 Å². The van der Waals surface area contributed by atoms with Gasteiger partial charge in [0.25, 0.3) is 0 Å². The van der Waals surface area contributed by atoms with Gasteiger partial charge >= 0.3 is 0 Å². The number of imide groups is 1. The van der Waals surface area contributed by atoms with Crippen LogP contribution in [-0.4, -0.2) is 59.2 Å². The zero-order valence-corrected chi connectivity index (χ0v) is 16.0. The molecule has 8 nitrogen and oxygen atoms in total. The second-order valence-corrected chi connectivity index (χ2v) is 7.55. The van der Waals surface area contributed by atoms with Gasteiger partial charge in [-0.15, -0.1) is 11.8 Å². The van der Waals surface area contributed by atoms with Gasteiger partial charge in [-0.25, -0.2) is 0 Å². The van der Waals surface area contributed by atoms with E-state index in [0.717, 1.165) is 25.7 Å². The van der Waals surface area contributed by atoms with Crippen LogP contribution < -0.4 is 16.8 Å². The third-order valence-corrected chi connectivity index (χ3v) is 5.33. The topological polar surface area (TPSA) is 136 Å². The van der Waals surface area contributed by atoms with Crippen LogP contribution in [0.3, 0.4) is 0 Å². The Labute approximate surface area is 158 Å². The lowest BCUT2D eigenvalue weighted by Gasteiger charge is -2.14. The summed E-state index contributed by atoms with van der Waals surface area (Å²) in [7, 11) is 0. The molecule has 1 aliphatic heterocycles. The lowest BCUT2D eigenvalue weighted by Crippen LogP contribution is -2.33. The molecule has 0 radical (unpaired) electrons. The van der Waals surface area contributed by atoms with Gasteiger partial charge in [-0.05, 0) is 32.2 Å². The van der Waals surface area contributed by atoms with Crippen LogP contribution in [0.1, 0.15) is 51.4 Å². The minimum atomic E-state index is -0.476. The normalized spacial score (nSPS) is 17.0. The smallest absolute Gasteiger partial charge is 0.242 e. The Bertz CT molecular complexity index is 501. The largest absolute Gasteiger partial charge is 0.370 e. The Morgan fingerprint density at radius 3 is 2.54 bits per heavy atom. The number of primary amides is 1. The predicted octanol–water partition coefficient (Wildman–Crippen LogP) is 0.138. The number of nitrogens with zero attached hydrogens (tertiary/aromatic N) is 1. The van der Waals surface area contributed by atoms with Crippen molar-refractivity contribution in [1.82, 2.24) is 10.2 Å². The maximum atomic E-state index is 12.3. The third-order valence-electron chi connectivity index (χ3n) is 4.13. The summed E-state index contributed by atoms with van der Waals surface area (Å²) in [5.41, 5.74) is 10.5. The Morgan fingerprint density at radius 2 is 1.85 bits per heavy atom. The summed E-state index contributed by atoms with van der Waals surface area (Å²) in [6.45, 7) is 1.62. The van der Waals surface area contributed by atoms with Crippen LogP contribution in [-0.2, 0) is 19.2 Å². The number of hydrogen-bond donors (Lipinski definition) is 3. The van der Waals surface area contributed by atoms with Crippen molar-refractivity contribution < 1.29 is 19.2 Å². The number of nitrogens with one attached hydrogen (secondary N) is 1. The van der Waals surface area contributed by atoms with Crippen molar-refractivity contribution in [3.63, 3.8) is 0 Å². The summed E-state index contributed by atoms with van der Waals surface area (Å²) in [6, 6.07) is 0. The minimum Gasteiger partial charge on any atom is -0.370 e. The second kappa shape index (κ2) is 12.7. The minimum absolute atomic E-state index is 0.118. The van der Waals surface area contributed by atoms with E-state index >= 15 is 0 Å². The highest BCUT2D eigenvalue weighted by Gasteiger charge is 2.38. The molecule has 0 aliphatic carbocycles. The van der Waals surface area contributed by atoms with Crippen molar-refractivity contribution in [3.8, 4) is 0 Å². The average Bonchev–Trinajstić information content (AvgIpc) is 2.86. The summed E-state index contributed by atoms with van der Waals surface area (Å²) >= 11 is 1.22. The SMILES string of the molecule is NCCCCCNC(=O)CSC1CC(=O)N(CCCCCC(N)=O)C1=O. The Morgan fingerprint density at radius 1 is 1.12 bits per heavy atom. The third kappa shape index (κ3) is 8.66. The zero-order valence-electron chi connectivity index (χ0n) is 15.2. The van der Waals surface area contributed by atoms with Gasteiger partial charge in [0.2, 0.25) is 23.6 Å². The molecule has 0 aromatic rings. The maximum Gasteiger partial charge on any atom is 0.242 e. The molecule has 1 rings (SSSR count). The number of hydrogen-bond acceptors (Lipinski definition) is 6. The molecule has 1 aliphatic rings. The fraction of sp³-hybridized carbons (Fsp3) is 0.765. The van der Waals surface area contributed by atoms with Crippen molar-refractivity contribution in [1.29, 1.82) is 0 Å². The molecule has 0 aromatic heterocycles. The van der Waals surface area contributed by atoms with E-state index in [0.29, 0.717) is 38.9 Å². The van der Waals surface area contributed by atoms with Gasteiger partial charge in [0, 0.05) is 25.9 Å². The summed E-state index contributed by atoms with van der Waals surface area (Å²) in [6.07, 6.45) is 5.34. The number of nitrogens with two attached hydrogens (primary N) is 2. The lowest BCUT2D eigenvalue weighted by molar-refractivity contribution is -0.138. The van der Waals surface area contributed by atoms with Gasteiger partial charge in [0.1, 0.15) is 0 Å². The predicted molar refractivity (Wildman–Crippen MR) is 101 cm³/mol. The van der Waals surface area contributed by atoms with E-state index < -0.39 is 5.25 Å². The van der Waals surface area contributed by atoms with Crippen LogP contribution in [0.4, 0.5) is 0 Å². The fourth-order valence-electron chi connectivity index (χ4n) is 2.67. The molecule has 0 bridgehead atoms. The standard InChI is InChI=1S/C17H30N4O4S/c18-8-4-2-5-9-20-15(23)12-26-13-11-16(24)21(17(13)25)10-6-1-3-7-14(19)22/h13H,1-12,18H2,(H2,19,22)(H,20,23). The van der Waals surface area contributed by atoms with Crippen molar-refractivity contribution >= 4 is 35.4 Å². The molecule has 5 N–H and O–H groups in total. The monoisotopic (exact) mass is 386 g/mol. The van der Waals surface area contributed by atoms with Gasteiger partial charge in [-0.3, -0.25) is 24.1 Å². The molecule has 0 spiro atoms. The van der Waals surface area contributed by atoms with Gasteiger partial charge in [-0.2, -0.15) is 0 Å². The molecule has 1 fully saturated rings. The highest BCUT2D eigenvalue weighted by Crippen LogP contribution is 2.25. The average molecular weight is 387 g/mol. The molecular formula is C17H30N4O4S. The van der Waals surface area contributed by atoms with Crippen LogP contribution in [0.15, 0.2) is 0 Å². The molecular weight excluding hydrogens is 356 g/mol. The van der Waals surface area contributed by atoms with Gasteiger partial charge in [-0.1, -0.05) is 12.8 Å². The molecule has 0 aromatic carbocycles. The molecule has 1 unspecified atom stereocenters. The van der Waals surface area contributed by atoms with Gasteiger partial charge in [0.15, 0.2) is 0 Å². The first-order valence-corrected chi connectivity index (χ1v) is 10.2. The number of carbonyl (C=O) groups is 4. The molecule has 0 saturated carbocycles. The number of rotatable bonds is 14. The molecule has 4 amide bonds. The van der Waals surface area contributed by atoms with Crippen LogP contribution in [0.2, 0.25) is 0 Å². The highest BCUT2D eigenvalue weighted by molar-refractivity contribution is 8.01. The Hall–Kier alpha value is -1.61. The quantitative estimate of drug-likeness (QED) is 0.287. The van der Waals surface area contributed by atoms with Crippen LogP contribution in [0.5, 0.6) is 0 Å². The molecule has 1 heterocycles. The maximum absolute atomic E-state index is 12.3. The van der Waals surface area contributed by atoms with Gasteiger partial charge in [0.05, 0.1) is 11.0 Å². The first-order valence-electron chi connectivity index (χ1n) is 9.16. The van der Waals surface area contributed by atoms with Crippen LogP contribution in [0.25, 0.3) is 0 Å². The summed E-state index contributed by atoms with van der Waals surface area (Å²) in [5, 5.41) is 2.34. The molecule has 26 heavy (non-hydrogen) atoms. The second-order valence-electron chi connectivity index (χ2n) is 6.36. The number of likely N-dealkylation sites (tertiary alicyclic amines) is 1. The van der Waals surface area contributed by atoms with Crippen molar-refractivity contribution in [2.24, 2.45) is 11.5 Å². The Balaban J connectivity index is 2.21. The zero-order chi connectivity index (χ0) is 19.4. The lowest BCUT2D eigenvalue weighted by atomic mass is 10.2. The summed E-state index contributed by atoms with van der Waals surface area (Å²) in [4.78, 5) is 48.0. The van der Waals surface area contributed by atoms with E-state index in [1.807, 2.05) is 0 Å².